The molecular formula is C18H26N2O. The van der Waals surface area contributed by atoms with Crippen LogP contribution in [0.5, 0.6) is 0 Å². The molecule has 0 bridgehead atoms. The minimum absolute atomic E-state index is 0.0716. The van der Waals surface area contributed by atoms with Crippen LogP contribution in [0.3, 0.4) is 0 Å². The number of carbonyl (C=O) groups is 1. The Morgan fingerprint density at radius 1 is 1.10 bits per heavy atom. The number of urea groups is 1. The van der Waals surface area contributed by atoms with E-state index < -0.39 is 0 Å². The third-order valence-electron chi connectivity index (χ3n) is 5.34. The van der Waals surface area contributed by atoms with Crippen molar-refractivity contribution < 1.29 is 4.79 Å². The molecule has 114 valence electrons. The topological polar surface area (TPSA) is 32.3 Å². The third kappa shape index (κ3) is 3.22. The summed E-state index contributed by atoms with van der Waals surface area (Å²) in [5, 5.41) is 3.06. The van der Waals surface area contributed by atoms with Crippen LogP contribution in [0, 0.1) is 25.7 Å². The Labute approximate surface area is 127 Å². The molecule has 0 spiro atoms. The van der Waals surface area contributed by atoms with E-state index in [1.165, 1.54) is 43.2 Å². The van der Waals surface area contributed by atoms with Crippen LogP contribution in [0.25, 0.3) is 0 Å². The van der Waals surface area contributed by atoms with Gasteiger partial charge in [-0.15, -0.1) is 0 Å². The Morgan fingerprint density at radius 3 is 2.62 bits per heavy atom. The lowest BCUT2D eigenvalue weighted by Gasteiger charge is -2.41. The van der Waals surface area contributed by atoms with E-state index in [-0.39, 0.29) is 6.03 Å². The van der Waals surface area contributed by atoms with Gasteiger partial charge in [-0.05, 0) is 61.8 Å². The van der Waals surface area contributed by atoms with Crippen LogP contribution in [-0.4, -0.2) is 24.0 Å². The van der Waals surface area contributed by atoms with E-state index in [0.29, 0.717) is 0 Å². The van der Waals surface area contributed by atoms with Crippen molar-refractivity contribution in [2.24, 2.45) is 11.8 Å². The second kappa shape index (κ2) is 6.08. The molecule has 3 rings (SSSR count). The number of hydrogen-bond donors (Lipinski definition) is 1. The molecule has 3 heteroatoms. The summed E-state index contributed by atoms with van der Waals surface area (Å²) in [4.78, 5) is 14.5. The first-order chi connectivity index (χ1) is 10.1. The molecule has 1 heterocycles. The number of aryl methyl sites for hydroxylation is 2. The number of anilines is 1. The van der Waals surface area contributed by atoms with Crippen LogP contribution in [0.4, 0.5) is 10.5 Å². The van der Waals surface area contributed by atoms with Gasteiger partial charge in [0.2, 0.25) is 0 Å². The van der Waals surface area contributed by atoms with Crippen molar-refractivity contribution in [3.63, 3.8) is 0 Å². The molecule has 2 fully saturated rings. The quantitative estimate of drug-likeness (QED) is 0.818. The first-order valence-electron chi connectivity index (χ1n) is 8.26. The summed E-state index contributed by atoms with van der Waals surface area (Å²) >= 11 is 0. The number of likely N-dealkylation sites (tertiary alicyclic amines) is 1. The Kier molecular flexibility index (Phi) is 4.18. The molecule has 1 aromatic rings. The number of carbonyl (C=O) groups excluding carboxylic acids is 1. The zero-order chi connectivity index (χ0) is 14.8. The van der Waals surface area contributed by atoms with Gasteiger partial charge in [0.25, 0.3) is 0 Å². The van der Waals surface area contributed by atoms with Gasteiger partial charge in [0, 0.05) is 18.8 Å². The second-order valence-corrected chi connectivity index (χ2v) is 6.77. The molecule has 21 heavy (non-hydrogen) atoms. The van der Waals surface area contributed by atoms with E-state index in [9.17, 15) is 4.79 Å². The van der Waals surface area contributed by atoms with Gasteiger partial charge >= 0.3 is 6.03 Å². The zero-order valence-electron chi connectivity index (χ0n) is 13.2. The summed E-state index contributed by atoms with van der Waals surface area (Å²) < 4.78 is 0. The van der Waals surface area contributed by atoms with Crippen LogP contribution in [0.1, 0.15) is 43.2 Å². The molecule has 1 N–H and O–H groups in total. The van der Waals surface area contributed by atoms with E-state index in [0.717, 1.165) is 30.6 Å². The maximum absolute atomic E-state index is 12.5. The summed E-state index contributed by atoms with van der Waals surface area (Å²) in [6.45, 7) is 6.03. The monoisotopic (exact) mass is 286 g/mol. The Balaban J connectivity index is 1.61. The predicted octanol–water partition coefficient (Wildman–Crippen LogP) is 4.35. The number of amides is 2. The Bertz CT molecular complexity index is 526. The highest BCUT2D eigenvalue weighted by molar-refractivity contribution is 5.89. The molecule has 0 radical (unpaired) electrons. The van der Waals surface area contributed by atoms with E-state index in [4.69, 9.17) is 0 Å². The lowest BCUT2D eigenvalue weighted by molar-refractivity contribution is 0.108. The number of rotatable bonds is 1. The highest BCUT2D eigenvalue weighted by atomic mass is 16.2. The smallest absolute Gasteiger partial charge is 0.321 e. The number of hydrogen-bond acceptors (Lipinski definition) is 1. The molecule has 3 nitrogen and oxygen atoms in total. The van der Waals surface area contributed by atoms with Crippen molar-refractivity contribution in [2.45, 2.75) is 46.0 Å². The molecule has 1 saturated heterocycles. The van der Waals surface area contributed by atoms with Gasteiger partial charge < -0.3 is 10.2 Å². The van der Waals surface area contributed by atoms with Crippen molar-refractivity contribution in [1.29, 1.82) is 0 Å². The molecule has 0 aromatic heterocycles. The fraction of sp³-hybridized carbons (Fsp3) is 0.611. The first-order valence-corrected chi connectivity index (χ1v) is 8.26. The minimum atomic E-state index is 0.0716. The van der Waals surface area contributed by atoms with Crippen LogP contribution in [0.2, 0.25) is 0 Å². The summed E-state index contributed by atoms with van der Waals surface area (Å²) in [5.74, 6) is 1.60. The van der Waals surface area contributed by atoms with Gasteiger partial charge in [-0.25, -0.2) is 4.79 Å². The number of nitrogens with zero attached hydrogens (tertiary/aromatic N) is 1. The highest BCUT2D eigenvalue weighted by Gasteiger charge is 2.32. The van der Waals surface area contributed by atoms with Gasteiger partial charge in [0.05, 0.1) is 0 Å². The molecule has 1 aliphatic heterocycles. The minimum Gasteiger partial charge on any atom is -0.324 e. The summed E-state index contributed by atoms with van der Waals surface area (Å²) in [6.07, 6.45) is 6.59. The fourth-order valence-electron chi connectivity index (χ4n) is 3.81. The molecule has 2 aliphatic rings. The van der Waals surface area contributed by atoms with E-state index in [2.05, 4.69) is 31.3 Å². The molecule has 1 aromatic carbocycles. The molecule has 1 aliphatic carbocycles. The highest BCUT2D eigenvalue weighted by Crippen LogP contribution is 2.36. The van der Waals surface area contributed by atoms with Crippen LogP contribution in [0.15, 0.2) is 18.2 Å². The first kappa shape index (κ1) is 14.4. The lowest BCUT2D eigenvalue weighted by atomic mass is 9.75. The van der Waals surface area contributed by atoms with Gasteiger partial charge in [-0.2, -0.15) is 0 Å². The summed E-state index contributed by atoms with van der Waals surface area (Å²) in [7, 11) is 0. The third-order valence-corrected chi connectivity index (χ3v) is 5.34. The summed E-state index contributed by atoms with van der Waals surface area (Å²) in [5.41, 5.74) is 3.39. The van der Waals surface area contributed by atoms with Gasteiger partial charge in [0.1, 0.15) is 0 Å². The molecule has 2 amide bonds. The van der Waals surface area contributed by atoms with Crippen molar-refractivity contribution in [3.8, 4) is 0 Å². The van der Waals surface area contributed by atoms with Gasteiger partial charge in [-0.1, -0.05) is 25.3 Å². The van der Waals surface area contributed by atoms with Crippen molar-refractivity contribution >= 4 is 11.7 Å². The number of fused-ring (bicyclic) bond motifs is 1. The van der Waals surface area contributed by atoms with Gasteiger partial charge in [-0.3, -0.25) is 0 Å². The van der Waals surface area contributed by atoms with Crippen LogP contribution in [-0.2, 0) is 0 Å². The predicted molar refractivity (Wildman–Crippen MR) is 86.6 cm³/mol. The normalized spacial score (nSPS) is 25.3. The largest absolute Gasteiger partial charge is 0.324 e. The van der Waals surface area contributed by atoms with Crippen molar-refractivity contribution in [1.82, 2.24) is 4.90 Å². The Morgan fingerprint density at radius 2 is 1.86 bits per heavy atom. The molecule has 0 unspecified atom stereocenters. The molecular weight excluding hydrogens is 260 g/mol. The summed E-state index contributed by atoms with van der Waals surface area (Å²) in [6, 6.07) is 6.19. The van der Waals surface area contributed by atoms with E-state index in [1.54, 1.807) is 0 Å². The number of nitrogens with one attached hydrogen (secondary N) is 1. The van der Waals surface area contributed by atoms with Crippen molar-refractivity contribution in [2.75, 3.05) is 18.4 Å². The maximum Gasteiger partial charge on any atom is 0.321 e. The lowest BCUT2D eigenvalue weighted by Crippen LogP contribution is -2.46. The average molecular weight is 286 g/mol. The molecule has 1 saturated carbocycles. The fourth-order valence-corrected chi connectivity index (χ4v) is 3.81. The van der Waals surface area contributed by atoms with E-state index in [1.807, 2.05) is 11.0 Å². The molecule has 2 atom stereocenters. The SMILES string of the molecule is Cc1ccc(NC(=O)N2CC[C@H]3CCCC[C@H]3C2)cc1C. The standard InChI is InChI=1S/C18H26N2O/c1-13-7-8-17(11-14(13)2)19-18(21)20-10-9-15-5-3-4-6-16(15)12-20/h7-8,11,15-16H,3-6,9-10,12H2,1-2H3,(H,19,21)/t15-,16+/m1/s1. The zero-order valence-corrected chi connectivity index (χ0v) is 13.2. The number of benzene rings is 1. The Hall–Kier alpha value is -1.51. The van der Waals surface area contributed by atoms with Crippen LogP contribution < -0.4 is 5.32 Å². The second-order valence-electron chi connectivity index (χ2n) is 6.77. The van der Waals surface area contributed by atoms with E-state index >= 15 is 0 Å². The van der Waals surface area contributed by atoms with Crippen molar-refractivity contribution in [3.05, 3.63) is 29.3 Å². The maximum atomic E-state index is 12.5. The average Bonchev–Trinajstić information content (AvgIpc) is 2.50. The van der Waals surface area contributed by atoms with Crippen LogP contribution >= 0.6 is 0 Å². The number of piperidine rings is 1. The van der Waals surface area contributed by atoms with Gasteiger partial charge in [0.15, 0.2) is 0 Å².